The van der Waals surface area contributed by atoms with E-state index in [-0.39, 0.29) is 10.8 Å². The SMILES string of the molecule is Fc1cccc2cc3cccc(F)c3c(F)c12. The van der Waals surface area contributed by atoms with E-state index in [1.54, 1.807) is 18.2 Å². The zero-order chi connectivity index (χ0) is 12.0. The molecule has 0 atom stereocenters. The van der Waals surface area contributed by atoms with Crippen molar-refractivity contribution in [2.24, 2.45) is 0 Å². The fourth-order valence-corrected chi connectivity index (χ4v) is 2.08. The number of benzene rings is 3. The molecule has 0 bridgehead atoms. The summed E-state index contributed by atoms with van der Waals surface area (Å²) in [5.41, 5.74) is 0. The van der Waals surface area contributed by atoms with Crippen LogP contribution in [-0.2, 0) is 0 Å². The standard InChI is InChI=1S/C14H7F3/c15-10-5-1-3-8-7-9-4-2-6-11(16)13(9)14(17)12(8)10/h1-7H. The van der Waals surface area contributed by atoms with Gasteiger partial charge in [0.1, 0.15) is 17.5 Å². The summed E-state index contributed by atoms with van der Waals surface area (Å²) in [4.78, 5) is 0. The lowest BCUT2D eigenvalue weighted by atomic mass is 10.0. The molecular weight excluding hydrogens is 225 g/mol. The summed E-state index contributed by atoms with van der Waals surface area (Å²) in [5.74, 6) is -2.19. The first kappa shape index (κ1) is 10.1. The van der Waals surface area contributed by atoms with Gasteiger partial charge >= 0.3 is 0 Å². The van der Waals surface area contributed by atoms with Gasteiger partial charge in [0.15, 0.2) is 0 Å². The van der Waals surface area contributed by atoms with Crippen LogP contribution < -0.4 is 0 Å². The monoisotopic (exact) mass is 232 g/mol. The summed E-state index contributed by atoms with van der Waals surface area (Å²) in [6.07, 6.45) is 0. The summed E-state index contributed by atoms with van der Waals surface area (Å²) >= 11 is 0. The first-order chi connectivity index (χ1) is 8.18. The second-order valence-electron chi connectivity index (χ2n) is 3.87. The Morgan fingerprint density at radius 3 is 1.59 bits per heavy atom. The third-order valence-corrected chi connectivity index (χ3v) is 2.84. The van der Waals surface area contributed by atoms with Crippen LogP contribution in [0.5, 0.6) is 0 Å². The van der Waals surface area contributed by atoms with Crippen molar-refractivity contribution in [3.63, 3.8) is 0 Å². The lowest BCUT2D eigenvalue weighted by molar-refractivity contribution is 0.600. The van der Waals surface area contributed by atoms with Crippen molar-refractivity contribution in [1.29, 1.82) is 0 Å². The van der Waals surface area contributed by atoms with Gasteiger partial charge in [0.25, 0.3) is 0 Å². The van der Waals surface area contributed by atoms with E-state index in [2.05, 4.69) is 0 Å². The molecule has 3 aromatic rings. The van der Waals surface area contributed by atoms with Crippen molar-refractivity contribution >= 4 is 21.5 Å². The molecule has 0 spiro atoms. The third kappa shape index (κ3) is 1.39. The molecule has 0 radical (unpaired) electrons. The van der Waals surface area contributed by atoms with Crippen LogP contribution in [0.1, 0.15) is 0 Å². The van der Waals surface area contributed by atoms with Crippen molar-refractivity contribution in [3.8, 4) is 0 Å². The normalized spacial score (nSPS) is 11.2. The molecule has 0 fully saturated rings. The molecule has 0 amide bonds. The van der Waals surface area contributed by atoms with E-state index in [4.69, 9.17) is 0 Å². The summed E-state index contributed by atoms with van der Waals surface area (Å²) in [6, 6.07) is 10.1. The molecular formula is C14H7F3. The zero-order valence-electron chi connectivity index (χ0n) is 8.68. The smallest absolute Gasteiger partial charge is 0.144 e. The van der Waals surface area contributed by atoms with Crippen molar-refractivity contribution in [2.45, 2.75) is 0 Å². The Morgan fingerprint density at radius 1 is 0.647 bits per heavy atom. The largest absolute Gasteiger partial charge is 0.206 e. The number of rotatable bonds is 0. The van der Waals surface area contributed by atoms with Gasteiger partial charge in [0, 0.05) is 0 Å². The molecule has 0 N–H and O–H groups in total. The maximum Gasteiger partial charge on any atom is 0.144 e. The molecule has 0 nitrogen and oxygen atoms in total. The van der Waals surface area contributed by atoms with Crippen LogP contribution in [0.4, 0.5) is 13.2 Å². The molecule has 0 aliphatic carbocycles. The van der Waals surface area contributed by atoms with Crippen LogP contribution in [0.15, 0.2) is 42.5 Å². The van der Waals surface area contributed by atoms with Gasteiger partial charge in [0.05, 0.1) is 10.8 Å². The molecule has 0 unspecified atom stereocenters. The average Bonchev–Trinajstić information content (AvgIpc) is 2.28. The number of hydrogen-bond acceptors (Lipinski definition) is 0. The molecule has 0 aliphatic rings. The van der Waals surface area contributed by atoms with Crippen LogP contribution in [0.25, 0.3) is 21.5 Å². The van der Waals surface area contributed by atoms with E-state index in [9.17, 15) is 13.2 Å². The predicted molar refractivity (Wildman–Crippen MR) is 61.3 cm³/mol. The fourth-order valence-electron chi connectivity index (χ4n) is 2.08. The second kappa shape index (κ2) is 3.48. The Morgan fingerprint density at radius 2 is 1.12 bits per heavy atom. The van der Waals surface area contributed by atoms with Gasteiger partial charge in [-0.3, -0.25) is 0 Å². The topological polar surface area (TPSA) is 0 Å². The first-order valence-electron chi connectivity index (χ1n) is 5.13. The summed E-state index contributed by atoms with van der Waals surface area (Å²) in [7, 11) is 0. The first-order valence-corrected chi connectivity index (χ1v) is 5.13. The average molecular weight is 232 g/mol. The van der Waals surface area contributed by atoms with E-state index in [1.807, 2.05) is 0 Å². The van der Waals surface area contributed by atoms with Gasteiger partial charge in [-0.25, -0.2) is 13.2 Å². The van der Waals surface area contributed by atoms with Crippen molar-refractivity contribution in [2.75, 3.05) is 0 Å². The minimum absolute atomic E-state index is 0.162. The van der Waals surface area contributed by atoms with Gasteiger partial charge in [-0.15, -0.1) is 0 Å². The van der Waals surface area contributed by atoms with Crippen molar-refractivity contribution < 1.29 is 13.2 Å². The molecule has 3 heteroatoms. The summed E-state index contributed by atoms with van der Waals surface area (Å²) < 4.78 is 41.2. The van der Waals surface area contributed by atoms with Gasteiger partial charge in [-0.05, 0) is 29.0 Å². The van der Waals surface area contributed by atoms with Gasteiger partial charge in [-0.2, -0.15) is 0 Å². The number of halogens is 3. The van der Waals surface area contributed by atoms with Crippen LogP contribution in [0.2, 0.25) is 0 Å². The summed E-state index contributed by atoms with van der Waals surface area (Å²) in [6.45, 7) is 0. The predicted octanol–water partition coefficient (Wildman–Crippen LogP) is 4.41. The lowest BCUT2D eigenvalue weighted by Gasteiger charge is -2.06. The van der Waals surface area contributed by atoms with E-state index in [0.29, 0.717) is 10.8 Å². The highest BCUT2D eigenvalue weighted by Gasteiger charge is 2.13. The van der Waals surface area contributed by atoms with Gasteiger partial charge < -0.3 is 0 Å². The molecule has 17 heavy (non-hydrogen) atoms. The minimum Gasteiger partial charge on any atom is -0.206 e. The lowest BCUT2D eigenvalue weighted by Crippen LogP contribution is -1.90. The van der Waals surface area contributed by atoms with Crippen LogP contribution >= 0.6 is 0 Å². The third-order valence-electron chi connectivity index (χ3n) is 2.84. The quantitative estimate of drug-likeness (QED) is 0.503. The molecule has 84 valence electrons. The highest BCUT2D eigenvalue weighted by molar-refractivity contribution is 5.99. The Kier molecular flexibility index (Phi) is 2.08. The van der Waals surface area contributed by atoms with E-state index >= 15 is 0 Å². The summed E-state index contributed by atoms with van der Waals surface area (Å²) in [5, 5.41) is 0.538. The van der Waals surface area contributed by atoms with Gasteiger partial charge in [0.2, 0.25) is 0 Å². The molecule has 0 aromatic heterocycles. The zero-order valence-corrected chi connectivity index (χ0v) is 8.68. The van der Waals surface area contributed by atoms with E-state index < -0.39 is 17.5 Å². The molecule has 3 aromatic carbocycles. The molecule has 0 aliphatic heterocycles. The maximum atomic E-state index is 14.1. The highest BCUT2D eigenvalue weighted by Crippen LogP contribution is 2.30. The molecule has 3 rings (SSSR count). The molecule has 0 saturated carbocycles. The molecule has 0 heterocycles. The van der Waals surface area contributed by atoms with Crippen LogP contribution in [0.3, 0.4) is 0 Å². The van der Waals surface area contributed by atoms with Crippen LogP contribution in [0, 0.1) is 17.5 Å². The minimum atomic E-state index is -0.839. The van der Waals surface area contributed by atoms with Gasteiger partial charge in [-0.1, -0.05) is 24.3 Å². The Labute approximate surface area is 95.3 Å². The van der Waals surface area contributed by atoms with Crippen molar-refractivity contribution in [3.05, 3.63) is 59.9 Å². The van der Waals surface area contributed by atoms with E-state index in [1.165, 1.54) is 12.1 Å². The fraction of sp³-hybridized carbons (Fsp3) is 0. The number of fused-ring (bicyclic) bond motifs is 2. The Bertz CT molecular complexity index is 672. The maximum absolute atomic E-state index is 14.1. The van der Waals surface area contributed by atoms with Crippen molar-refractivity contribution in [1.82, 2.24) is 0 Å². The highest BCUT2D eigenvalue weighted by atomic mass is 19.1. The Hall–Kier alpha value is -2.03. The Balaban J connectivity index is 2.64. The van der Waals surface area contributed by atoms with E-state index in [0.717, 1.165) is 12.1 Å². The number of hydrogen-bond donors (Lipinski definition) is 0. The second-order valence-corrected chi connectivity index (χ2v) is 3.87. The van der Waals surface area contributed by atoms with Crippen LogP contribution in [-0.4, -0.2) is 0 Å². The molecule has 0 saturated heterocycles.